The van der Waals surface area contributed by atoms with Crippen LogP contribution in [0.1, 0.15) is 5.69 Å². The number of ether oxygens (including phenoxy) is 1. The number of halogens is 1. The summed E-state index contributed by atoms with van der Waals surface area (Å²) in [6.07, 6.45) is 1.68. The lowest BCUT2D eigenvalue weighted by Crippen LogP contribution is -2.12. The minimum absolute atomic E-state index is 0.0918. The Hall–Kier alpha value is -0.960. The van der Waals surface area contributed by atoms with Crippen molar-refractivity contribution in [3.63, 3.8) is 0 Å². The van der Waals surface area contributed by atoms with Crippen molar-refractivity contribution in [2.75, 3.05) is 13.0 Å². The van der Waals surface area contributed by atoms with Gasteiger partial charge in [0.1, 0.15) is 0 Å². The van der Waals surface area contributed by atoms with E-state index in [9.17, 15) is 4.79 Å². The molecule has 0 amide bonds. The number of hydrogen-bond donors (Lipinski definition) is 0. The molecule has 0 spiro atoms. The maximum absolute atomic E-state index is 11.3. The predicted octanol–water partition coefficient (Wildman–Crippen LogP) is 1.40. The summed E-state index contributed by atoms with van der Waals surface area (Å²) in [4.78, 5) is 11.3. The van der Waals surface area contributed by atoms with Crippen molar-refractivity contribution in [2.45, 2.75) is 13.5 Å². The van der Waals surface area contributed by atoms with Gasteiger partial charge in [0, 0.05) is 24.2 Å². The van der Waals surface area contributed by atoms with Crippen LogP contribution in [-0.2, 0) is 6.54 Å². The highest BCUT2D eigenvalue weighted by Crippen LogP contribution is 2.05. The molecule has 0 atom stereocenters. The van der Waals surface area contributed by atoms with Crippen molar-refractivity contribution in [3.8, 4) is 5.75 Å². The number of pyridine rings is 1. The van der Waals surface area contributed by atoms with Crippen molar-refractivity contribution in [1.82, 2.24) is 4.57 Å². The fourth-order valence-corrected chi connectivity index (χ4v) is 1.32. The number of hydrogen-bond acceptors (Lipinski definition) is 2. The molecule has 0 fully saturated rings. The van der Waals surface area contributed by atoms with Crippen LogP contribution in [0.5, 0.6) is 5.75 Å². The Balaban J connectivity index is 3.14. The molecule has 3 nitrogen and oxygen atoms in total. The van der Waals surface area contributed by atoms with E-state index in [0.717, 1.165) is 5.69 Å². The van der Waals surface area contributed by atoms with E-state index >= 15 is 0 Å². The minimum Gasteiger partial charge on any atom is -0.491 e. The van der Waals surface area contributed by atoms with Crippen molar-refractivity contribution in [2.24, 2.45) is 0 Å². The molecule has 1 aromatic rings. The van der Waals surface area contributed by atoms with Crippen LogP contribution in [0.25, 0.3) is 0 Å². The molecule has 1 rings (SSSR count). The SMILES string of the molecule is COc1cn(CCCl)c(C)cc1=O. The summed E-state index contributed by atoms with van der Waals surface area (Å²) in [5.41, 5.74) is 0.803. The highest BCUT2D eigenvalue weighted by molar-refractivity contribution is 6.17. The molecule has 0 saturated carbocycles. The van der Waals surface area contributed by atoms with Gasteiger partial charge in [-0.05, 0) is 6.92 Å². The molecule has 4 heteroatoms. The monoisotopic (exact) mass is 201 g/mol. The minimum atomic E-state index is -0.0918. The summed E-state index contributed by atoms with van der Waals surface area (Å²) in [7, 11) is 1.48. The maximum atomic E-state index is 11.3. The quantitative estimate of drug-likeness (QED) is 0.693. The third-order valence-electron chi connectivity index (χ3n) is 1.85. The van der Waals surface area contributed by atoms with Gasteiger partial charge >= 0.3 is 0 Å². The lowest BCUT2D eigenvalue weighted by molar-refractivity contribution is 0.404. The van der Waals surface area contributed by atoms with Crippen LogP contribution in [0, 0.1) is 6.92 Å². The molecule has 0 aliphatic heterocycles. The average Bonchev–Trinajstić information content (AvgIpc) is 2.10. The predicted molar refractivity (Wildman–Crippen MR) is 52.7 cm³/mol. The van der Waals surface area contributed by atoms with Crippen molar-refractivity contribution < 1.29 is 4.74 Å². The Morgan fingerprint density at radius 1 is 1.62 bits per heavy atom. The first kappa shape index (κ1) is 10.1. The molecule has 1 heterocycles. The summed E-state index contributed by atoms with van der Waals surface area (Å²) in [5.74, 6) is 0.878. The maximum Gasteiger partial charge on any atom is 0.223 e. The number of alkyl halides is 1. The first-order valence-corrected chi connectivity index (χ1v) is 4.53. The van der Waals surface area contributed by atoms with Gasteiger partial charge in [-0.1, -0.05) is 0 Å². The van der Waals surface area contributed by atoms with E-state index < -0.39 is 0 Å². The molecule has 0 N–H and O–H groups in total. The van der Waals surface area contributed by atoms with Gasteiger partial charge in [0.05, 0.1) is 13.3 Å². The van der Waals surface area contributed by atoms with Crippen LogP contribution in [-0.4, -0.2) is 17.6 Å². The molecule has 0 bridgehead atoms. The largest absolute Gasteiger partial charge is 0.491 e. The molecular formula is C9H12ClNO2. The highest BCUT2D eigenvalue weighted by Gasteiger charge is 2.02. The topological polar surface area (TPSA) is 31.2 Å². The first-order chi connectivity index (χ1) is 6.19. The van der Waals surface area contributed by atoms with Gasteiger partial charge in [0.2, 0.25) is 5.43 Å². The van der Waals surface area contributed by atoms with Crippen LogP contribution >= 0.6 is 11.6 Å². The Kier molecular flexibility index (Phi) is 3.37. The number of rotatable bonds is 3. The number of aromatic nitrogens is 1. The zero-order valence-electron chi connectivity index (χ0n) is 7.71. The standard InChI is InChI=1S/C9H12ClNO2/c1-7-5-8(12)9(13-2)6-11(7)4-3-10/h5-6H,3-4H2,1-2H3. The second kappa shape index (κ2) is 4.33. The van der Waals surface area contributed by atoms with Gasteiger partial charge in [-0.2, -0.15) is 0 Å². The van der Waals surface area contributed by atoms with Crippen LogP contribution in [0.2, 0.25) is 0 Å². The number of aryl methyl sites for hydroxylation is 2. The average molecular weight is 202 g/mol. The summed E-state index contributed by atoms with van der Waals surface area (Å²) in [5, 5.41) is 0. The van der Waals surface area contributed by atoms with E-state index in [1.807, 2.05) is 11.5 Å². The van der Waals surface area contributed by atoms with E-state index in [4.69, 9.17) is 16.3 Å². The summed E-state index contributed by atoms with van der Waals surface area (Å²) >= 11 is 5.60. The van der Waals surface area contributed by atoms with Crippen molar-refractivity contribution in [3.05, 3.63) is 28.2 Å². The summed E-state index contributed by atoms with van der Waals surface area (Å²) in [6, 6.07) is 1.55. The zero-order valence-corrected chi connectivity index (χ0v) is 8.47. The first-order valence-electron chi connectivity index (χ1n) is 4.00. The molecule has 0 aliphatic rings. The normalized spacial score (nSPS) is 10.1. The fourth-order valence-electron chi connectivity index (χ4n) is 1.14. The van der Waals surface area contributed by atoms with E-state index in [-0.39, 0.29) is 5.43 Å². The van der Waals surface area contributed by atoms with Crippen LogP contribution in [0.15, 0.2) is 17.1 Å². The van der Waals surface area contributed by atoms with Gasteiger partial charge in [0.15, 0.2) is 5.75 Å². The number of methoxy groups -OCH3 is 1. The van der Waals surface area contributed by atoms with Gasteiger partial charge in [-0.3, -0.25) is 4.79 Å². The van der Waals surface area contributed by atoms with Crippen LogP contribution in [0.3, 0.4) is 0 Å². The molecule has 1 aromatic heterocycles. The summed E-state index contributed by atoms with van der Waals surface area (Å²) < 4.78 is 6.81. The molecule has 0 radical (unpaired) electrons. The Morgan fingerprint density at radius 3 is 2.85 bits per heavy atom. The van der Waals surface area contributed by atoms with E-state index in [0.29, 0.717) is 18.2 Å². The van der Waals surface area contributed by atoms with Gasteiger partial charge in [0.25, 0.3) is 0 Å². The van der Waals surface area contributed by atoms with E-state index in [1.54, 1.807) is 12.3 Å². The molecule has 0 aliphatic carbocycles. The third-order valence-corrected chi connectivity index (χ3v) is 2.02. The Bertz CT molecular complexity index is 346. The molecule has 0 aromatic carbocycles. The number of nitrogens with zero attached hydrogens (tertiary/aromatic N) is 1. The lowest BCUT2D eigenvalue weighted by atomic mass is 10.3. The molecule has 13 heavy (non-hydrogen) atoms. The second-order valence-electron chi connectivity index (χ2n) is 2.73. The van der Waals surface area contributed by atoms with Gasteiger partial charge in [-0.15, -0.1) is 11.6 Å². The molecular weight excluding hydrogens is 190 g/mol. The lowest BCUT2D eigenvalue weighted by Gasteiger charge is -2.09. The highest BCUT2D eigenvalue weighted by atomic mass is 35.5. The van der Waals surface area contributed by atoms with E-state index in [1.165, 1.54) is 7.11 Å². The Morgan fingerprint density at radius 2 is 2.31 bits per heavy atom. The van der Waals surface area contributed by atoms with Crippen LogP contribution in [0.4, 0.5) is 0 Å². The Labute approximate surface area is 81.9 Å². The van der Waals surface area contributed by atoms with Gasteiger partial charge in [-0.25, -0.2) is 0 Å². The van der Waals surface area contributed by atoms with Gasteiger partial charge < -0.3 is 9.30 Å². The summed E-state index contributed by atoms with van der Waals surface area (Å²) in [6.45, 7) is 2.55. The van der Waals surface area contributed by atoms with Crippen molar-refractivity contribution in [1.29, 1.82) is 0 Å². The molecule has 72 valence electrons. The third kappa shape index (κ3) is 2.25. The molecule has 0 unspecified atom stereocenters. The zero-order chi connectivity index (χ0) is 9.84. The van der Waals surface area contributed by atoms with Crippen molar-refractivity contribution >= 4 is 11.6 Å². The molecule has 0 saturated heterocycles. The smallest absolute Gasteiger partial charge is 0.223 e. The van der Waals surface area contributed by atoms with Crippen LogP contribution < -0.4 is 10.2 Å². The van der Waals surface area contributed by atoms with E-state index in [2.05, 4.69) is 0 Å². The second-order valence-corrected chi connectivity index (χ2v) is 3.11. The fraction of sp³-hybridized carbons (Fsp3) is 0.444.